The lowest BCUT2D eigenvalue weighted by Crippen LogP contribution is -1.89. The van der Waals surface area contributed by atoms with Gasteiger partial charge in [0.25, 0.3) is 0 Å². The molecule has 0 heterocycles. The van der Waals surface area contributed by atoms with Gasteiger partial charge in [0.15, 0.2) is 0 Å². The molecule has 0 atom stereocenters. The largest absolute Gasteiger partial charge is 0.380 e. The minimum Gasteiger partial charge on any atom is -0.380 e. The first-order chi connectivity index (χ1) is 4.35. The van der Waals surface area contributed by atoms with Crippen molar-refractivity contribution in [3.8, 4) is 0 Å². The average molecular weight is 126 g/mol. The second kappa shape index (κ2) is 5.57. The van der Waals surface area contributed by atoms with E-state index in [1.54, 1.807) is 7.11 Å². The average Bonchev–Trinajstić information content (AvgIpc) is 1.88. The van der Waals surface area contributed by atoms with E-state index in [4.69, 9.17) is 4.74 Å². The lowest BCUT2D eigenvalue weighted by molar-refractivity contribution is 0.228. The second-order valence-electron chi connectivity index (χ2n) is 1.82. The standard InChI is InChI=1S/C8H14O/c1-4-6-8(5-2)7-9-3/h5-6H,2,4,7H2,1,3H3. The summed E-state index contributed by atoms with van der Waals surface area (Å²) >= 11 is 0. The highest BCUT2D eigenvalue weighted by Crippen LogP contribution is 1.96. The van der Waals surface area contributed by atoms with Gasteiger partial charge in [0.2, 0.25) is 0 Å². The fraction of sp³-hybridized carbons (Fsp3) is 0.500. The van der Waals surface area contributed by atoms with Crippen molar-refractivity contribution in [1.29, 1.82) is 0 Å². The fourth-order valence-electron chi connectivity index (χ4n) is 0.630. The molecular formula is C8H14O. The predicted octanol–water partition coefficient (Wildman–Crippen LogP) is 2.16. The smallest absolute Gasteiger partial charge is 0.0709 e. The molecule has 0 saturated heterocycles. The van der Waals surface area contributed by atoms with Crippen molar-refractivity contribution in [2.45, 2.75) is 13.3 Å². The molecule has 0 spiro atoms. The summed E-state index contributed by atoms with van der Waals surface area (Å²) in [4.78, 5) is 0. The Bertz CT molecular complexity index is 103. The normalized spacial score (nSPS) is 11.6. The predicted molar refractivity (Wildman–Crippen MR) is 40.4 cm³/mol. The third kappa shape index (κ3) is 3.98. The van der Waals surface area contributed by atoms with Crippen LogP contribution in [0.25, 0.3) is 0 Å². The van der Waals surface area contributed by atoms with Crippen molar-refractivity contribution in [2.75, 3.05) is 13.7 Å². The SMILES string of the molecule is C=CC(=CCC)COC. The Morgan fingerprint density at radius 1 is 1.67 bits per heavy atom. The molecule has 0 aromatic heterocycles. The third-order valence-corrected chi connectivity index (χ3v) is 1.04. The molecule has 0 N–H and O–H groups in total. The van der Waals surface area contributed by atoms with Gasteiger partial charge in [-0.2, -0.15) is 0 Å². The minimum absolute atomic E-state index is 0.678. The Hall–Kier alpha value is -0.560. The zero-order valence-electron chi connectivity index (χ0n) is 6.18. The van der Waals surface area contributed by atoms with E-state index in [1.807, 2.05) is 6.08 Å². The van der Waals surface area contributed by atoms with E-state index in [9.17, 15) is 0 Å². The van der Waals surface area contributed by atoms with E-state index in [-0.39, 0.29) is 0 Å². The van der Waals surface area contributed by atoms with E-state index in [0.29, 0.717) is 6.61 Å². The van der Waals surface area contributed by atoms with Crippen LogP contribution < -0.4 is 0 Å². The lowest BCUT2D eigenvalue weighted by atomic mass is 10.2. The van der Waals surface area contributed by atoms with Crippen molar-refractivity contribution in [3.05, 3.63) is 24.3 Å². The second-order valence-corrected chi connectivity index (χ2v) is 1.82. The molecule has 0 rings (SSSR count). The maximum Gasteiger partial charge on any atom is 0.0709 e. The van der Waals surface area contributed by atoms with E-state index in [0.717, 1.165) is 6.42 Å². The summed E-state index contributed by atoms with van der Waals surface area (Å²) < 4.78 is 4.91. The van der Waals surface area contributed by atoms with Crippen molar-refractivity contribution >= 4 is 0 Å². The van der Waals surface area contributed by atoms with Crippen LogP contribution in [0.5, 0.6) is 0 Å². The van der Waals surface area contributed by atoms with Gasteiger partial charge in [0.1, 0.15) is 0 Å². The van der Waals surface area contributed by atoms with Crippen molar-refractivity contribution in [1.82, 2.24) is 0 Å². The summed E-state index contributed by atoms with van der Waals surface area (Å²) in [5.41, 5.74) is 1.17. The summed E-state index contributed by atoms with van der Waals surface area (Å²) in [5.74, 6) is 0. The van der Waals surface area contributed by atoms with Gasteiger partial charge >= 0.3 is 0 Å². The molecule has 0 bridgehead atoms. The van der Waals surface area contributed by atoms with E-state index in [1.165, 1.54) is 5.57 Å². The minimum atomic E-state index is 0.678. The van der Waals surface area contributed by atoms with Crippen LogP contribution in [0.15, 0.2) is 24.3 Å². The number of hydrogen-bond acceptors (Lipinski definition) is 1. The molecule has 0 aromatic carbocycles. The Labute approximate surface area is 57.0 Å². The van der Waals surface area contributed by atoms with E-state index >= 15 is 0 Å². The molecule has 0 aliphatic carbocycles. The zero-order chi connectivity index (χ0) is 7.11. The van der Waals surface area contributed by atoms with Gasteiger partial charge in [0.05, 0.1) is 6.61 Å². The Morgan fingerprint density at radius 3 is 2.67 bits per heavy atom. The highest BCUT2D eigenvalue weighted by atomic mass is 16.5. The summed E-state index contributed by atoms with van der Waals surface area (Å²) in [5, 5.41) is 0. The Kier molecular flexibility index (Phi) is 5.23. The fourth-order valence-corrected chi connectivity index (χ4v) is 0.630. The van der Waals surface area contributed by atoms with Crippen molar-refractivity contribution in [3.63, 3.8) is 0 Å². The summed E-state index contributed by atoms with van der Waals surface area (Å²) in [6, 6.07) is 0. The maximum absolute atomic E-state index is 4.91. The third-order valence-electron chi connectivity index (χ3n) is 1.04. The molecule has 1 nitrogen and oxygen atoms in total. The van der Waals surface area contributed by atoms with Gasteiger partial charge < -0.3 is 4.74 Å². The van der Waals surface area contributed by atoms with Crippen LogP contribution in [0.3, 0.4) is 0 Å². The first-order valence-electron chi connectivity index (χ1n) is 3.15. The number of hydrogen-bond donors (Lipinski definition) is 0. The molecule has 0 amide bonds. The molecule has 0 radical (unpaired) electrons. The molecular weight excluding hydrogens is 112 g/mol. The van der Waals surface area contributed by atoms with Gasteiger partial charge in [-0.05, 0) is 12.0 Å². The molecule has 0 unspecified atom stereocenters. The quantitative estimate of drug-likeness (QED) is 0.524. The summed E-state index contributed by atoms with van der Waals surface area (Å²) in [7, 11) is 1.69. The van der Waals surface area contributed by atoms with Crippen molar-refractivity contribution < 1.29 is 4.74 Å². The van der Waals surface area contributed by atoms with Gasteiger partial charge in [-0.25, -0.2) is 0 Å². The van der Waals surface area contributed by atoms with Crippen LogP contribution in [0.1, 0.15) is 13.3 Å². The molecule has 0 aliphatic rings. The molecule has 9 heavy (non-hydrogen) atoms. The lowest BCUT2D eigenvalue weighted by Gasteiger charge is -1.96. The number of rotatable bonds is 4. The molecule has 52 valence electrons. The first kappa shape index (κ1) is 8.44. The van der Waals surface area contributed by atoms with Gasteiger partial charge in [0, 0.05) is 7.11 Å². The van der Waals surface area contributed by atoms with E-state index in [2.05, 4.69) is 19.6 Å². The number of allylic oxidation sites excluding steroid dienone is 1. The molecule has 0 fully saturated rings. The van der Waals surface area contributed by atoms with Crippen LogP contribution in [0, 0.1) is 0 Å². The molecule has 0 aromatic rings. The highest BCUT2D eigenvalue weighted by molar-refractivity contribution is 5.15. The van der Waals surface area contributed by atoms with Gasteiger partial charge in [-0.3, -0.25) is 0 Å². The van der Waals surface area contributed by atoms with Gasteiger partial charge in [-0.15, -0.1) is 0 Å². The van der Waals surface area contributed by atoms with Crippen LogP contribution in [-0.2, 0) is 4.74 Å². The summed E-state index contributed by atoms with van der Waals surface area (Å²) in [6.07, 6.45) is 4.98. The Balaban J connectivity index is 3.66. The highest BCUT2D eigenvalue weighted by Gasteiger charge is 1.85. The van der Waals surface area contributed by atoms with E-state index < -0.39 is 0 Å². The first-order valence-corrected chi connectivity index (χ1v) is 3.15. The Morgan fingerprint density at radius 2 is 2.33 bits per heavy atom. The number of ether oxygens (including phenoxy) is 1. The maximum atomic E-state index is 4.91. The summed E-state index contributed by atoms with van der Waals surface area (Å²) in [6.45, 7) is 6.42. The topological polar surface area (TPSA) is 9.23 Å². The van der Waals surface area contributed by atoms with Gasteiger partial charge in [-0.1, -0.05) is 25.7 Å². The van der Waals surface area contributed by atoms with Crippen molar-refractivity contribution in [2.24, 2.45) is 0 Å². The van der Waals surface area contributed by atoms with Crippen LogP contribution in [0.4, 0.5) is 0 Å². The van der Waals surface area contributed by atoms with Crippen LogP contribution >= 0.6 is 0 Å². The van der Waals surface area contributed by atoms with Crippen LogP contribution in [0.2, 0.25) is 0 Å². The molecule has 1 heteroatoms. The molecule has 0 saturated carbocycles. The zero-order valence-corrected chi connectivity index (χ0v) is 6.18. The monoisotopic (exact) mass is 126 g/mol. The molecule has 0 aliphatic heterocycles. The number of methoxy groups -OCH3 is 1. The van der Waals surface area contributed by atoms with Crippen LogP contribution in [-0.4, -0.2) is 13.7 Å².